The average Bonchev–Trinajstić information content (AvgIpc) is 2.55. The van der Waals surface area contributed by atoms with Crippen LogP contribution in [0.1, 0.15) is 5.56 Å². The quantitative estimate of drug-likeness (QED) is 0.650. The second-order valence-electron chi connectivity index (χ2n) is 5.37. The average molecular weight is 373 g/mol. The van der Waals surface area contributed by atoms with E-state index in [-0.39, 0.29) is 17.8 Å². The summed E-state index contributed by atoms with van der Waals surface area (Å²) in [6, 6.07) is 3.52. The molecule has 0 spiro atoms. The number of aromatic nitrogens is 2. The van der Waals surface area contributed by atoms with E-state index in [1.54, 1.807) is 0 Å². The fourth-order valence-electron chi connectivity index (χ4n) is 2.37. The summed E-state index contributed by atoms with van der Waals surface area (Å²) < 4.78 is 52.8. The zero-order valence-electron chi connectivity index (χ0n) is 12.5. The summed E-state index contributed by atoms with van der Waals surface area (Å²) in [5.74, 6) is -2.26. The maximum atomic E-state index is 13.3. The number of hydrogen-bond donors (Lipinski definition) is 1. The van der Waals surface area contributed by atoms with E-state index in [4.69, 9.17) is 0 Å². The smallest absolute Gasteiger partial charge is 0.326 e. The Balaban J connectivity index is 1.78. The summed E-state index contributed by atoms with van der Waals surface area (Å²) in [5.41, 5.74) is -1.92. The summed E-state index contributed by atoms with van der Waals surface area (Å²) >= 11 is 1.21. The first-order valence-electron chi connectivity index (χ1n) is 7.12. The number of fused-ring (bicyclic) bond motifs is 1. The molecule has 0 bridgehead atoms. The lowest BCUT2D eigenvalue weighted by molar-refractivity contribution is -0.140. The van der Waals surface area contributed by atoms with Crippen LogP contribution in [-0.2, 0) is 17.5 Å². The van der Waals surface area contributed by atoms with Crippen molar-refractivity contribution in [2.24, 2.45) is 5.92 Å². The number of carbonyl (C=O) groups is 1. The van der Waals surface area contributed by atoms with Crippen molar-refractivity contribution in [2.75, 3.05) is 11.1 Å². The monoisotopic (exact) mass is 373 g/mol. The number of alkyl halides is 3. The second kappa shape index (κ2) is 6.51. The molecule has 132 valence electrons. The minimum absolute atomic E-state index is 0.0775. The molecule has 1 aliphatic rings. The number of carbonyl (C=O) groups excluding carboxylic acids is 1. The van der Waals surface area contributed by atoms with Crippen molar-refractivity contribution in [3.8, 4) is 0 Å². The molecule has 0 fully saturated rings. The van der Waals surface area contributed by atoms with Crippen molar-refractivity contribution in [1.29, 1.82) is 0 Å². The highest BCUT2D eigenvalue weighted by molar-refractivity contribution is 7.99. The molecule has 0 saturated heterocycles. The van der Waals surface area contributed by atoms with E-state index in [1.165, 1.54) is 28.6 Å². The van der Waals surface area contributed by atoms with Crippen LogP contribution in [-0.4, -0.2) is 21.2 Å². The van der Waals surface area contributed by atoms with Gasteiger partial charge in [0.2, 0.25) is 5.91 Å². The van der Waals surface area contributed by atoms with Crippen LogP contribution < -0.4 is 10.9 Å². The van der Waals surface area contributed by atoms with Crippen LogP contribution in [0.4, 0.5) is 23.2 Å². The third kappa shape index (κ3) is 3.68. The van der Waals surface area contributed by atoms with Crippen molar-refractivity contribution in [1.82, 2.24) is 9.55 Å². The van der Waals surface area contributed by atoms with Crippen LogP contribution in [0.25, 0.3) is 0 Å². The van der Waals surface area contributed by atoms with Gasteiger partial charge in [-0.3, -0.25) is 14.2 Å². The Labute approximate surface area is 143 Å². The van der Waals surface area contributed by atoms with Crippen molar-refractivity contribution in [2.45, 2.75) is 17.9 Å². The molecule has 3 rings (SSSR count). The first-order chi connectivity index (χ1) is 11.8. The highest BCUT2D eigenvalue weighted by atomic mass is 32.2. The summed E-state index contributed by atoms with van der Waals surface area (Å²) in [4.78, 5) is 28.1. The number of benzene rings is 1. The molecule has 1 aliphatic heterocycles. The van der Waals surface area contributed by atoms with Crippen molar-refractivity contribution in [3.05, 3.63) is 52.2 Å². The summed E-state index contributed by atoms with van der Waals surface area (Å²) in [5, 5.41) is 2.83. The maximum absolute atomic E-state index is 13.3. The predicted molar refractivity (Wildman–Crippen MR) is 82.7 cm³/mol. The van der Waals surface area contributed by atoms with Crippen LogP contribution in [0, 0.1) is 11.7 Å². The lowest BCUT2D eigenvalue weighted by Gasteiger charge is -2.24. The zero-order valence-corrected chi connectivity index (χ0v) is 13.3. The van der Waals surface area contributed by atoms with Crippen LogP contribution in [0.2, 0.25) is 0 Å². The van der Waals surface area contributed by atoms with Crippen molar-refractivity contribution < 1.29 is 22.4 Å². The highest BCUT2D eigenvalue weighted by Gasteiger charge is 2.34. The Morgan fingerprint density at radius 1 is 1.32 bits per heavy atom. The molecule has 1 amide bonds. The number of hydrogen-bond acceptors (Lipinski definition) is 4. The van der Waals surface area contributed by atoms with Gasteiger partial charge in [-0.2, -0.15) is 13.2 Å². The second-order valence-corrected chi connectivity index (χ2v) is 6.35. The van der Waals surface area contributed by atoms with E-state index in [2.05, 4.69) is 10.3 Å². The number of anilines is 1. The van der Waals surface area contributed by atoms with Crippen molar-refractivity contribution in [3.63, 3.8) is 0 Å². The first-order valence-corrected chi connectivity index (χ1v) is 8.10. The molecule has 1 unspecified atom stereocenters. The van der Waals surface area contributed by atoms with Crippen LogP contribution >= 0.6 is 11.8 Å². The third-order valence-electron chi connectivity index (χ3n) is 3.63. The Kier molecular flexibility index (Phi) is 4.55. The molecular formula is C15H11F4N3O2S. The van der Waals surface area contributed by atoms with Gasteiger partial charge in [-0.1, -0.05) is 11.8 Å². The minimum Gasteiger partial charge on any atom is -0.326 e. The molecule has 1 aromatic heterocycles. The normalized spacial score (nSPS) is 17.0. The summed E-state index contributed by atoms with van der Waals surface area (Å²) in [6.45, 7) is 0.0775. The third-order valence-corrected chi connectivity index (χ3v) is 4.78. The molecule has 2 heterocycles. The van der Waals surface area contributed by atoms with Gasteiger partial charge in [0.1, 0.15) is 5.82 Å². The van der Waals surface area contributed by atoms with Crippen LogP contribution in [0.5, 0.6) is 0 Å². The SMILES string of the molecule is O=C(Nc1ccc(F)c(C(F)(F)F)c1)C1CSc2nccc(=O)n2C1. The molecule has 0 radical (unpaired) electrons. The van der Waals surface area contributed by atoms with Gasteiger partial charge in [0.15, 0.2) is 5.16 Å². The van der Waals surface area contributed by atoms with E-state index < -0.39 is 29.4 Å². The standard InChI is InChI=1S/C15H11F4N3O2S/c16-11-2-1-9(5-10(11)15(17,18)19)21-13(24)8-6-22-12(23)3-4-20-14(22)25-7-8/h1-5,8H,6-7H2,(H,21,24). The number of nitrogens with one attached hydrogen (secondary N) is 1. The Hall–Kier alpha value is -2.36. The fourth-order valence-corrected chi connectivity index (χ4v) is 3.44. The summed E-state index contributed by atoms with van der Waals surface area (Å²) in [7, 11) is 0. The van der Waals surface area contributed by atoms with Gasteiger partial charge in [0.05, 0.1) is 11.5 Å². The Morgan fingerprint density at radius 2 is 2.08 bits per heavy atom. The molecule has 1 N–H and O–H groups in total. The van der Waals surface area contributed by atoms with Gasteiger partial charge < -0.3 is 5.32 Å². The Morgan fingerprint density at radius 3 is 2.80 bits per heavy atom. The van der Waals surface area contributed by atoms with Crippen LogP contribution in [0.15, 0.2) is 40.4 Å². The molecule has 5 nitrogen and oxygen atoms in total. The molecule has 1 aromatic carbocycles. The van der Waals surface area contributed by atoms with E-state index in [9.17, 15) is 27.2 Å². The van der Waals surface area contributed by atoms with E-state index >= 15 is 0 Å². The molecule has 25 heavy (non-hydrogen) atoms. The molecule has 10 heteroatoms. The van der Waals surface area contributed by atoms with E-state index in [1.807, 2.05) is 0 Å². The number of thioether (sulfide) groups is 1. The maximum Gasteiger partial charge on any atom is 0.419 e. The van der Waals surface area contributed by atoms with Gasteiger partial charge in [-0.15, -0.1) is 0 Å². The minimum atomic E-state index is -4.86. The summed E-state index contributed by atoms with van der Waals surface area (Å²) in [6.07, 6.45) is -3.48. The largest absolute Gasteiger partial charge is 0.419 e. The number of halogens is 4. The topological polar surface area (TPSA) is 64.0 Å². The van der Waals surface area contributed by atoms with Gasteiger partial charge in [0.25, 0.3) is 5.56 Å². The number of amides is 1. The first kappa shape index (κ1) is 17.5. The lowest BCUT2D eigenvalue weighted by Crippen LogP contribution is -2.36. The number of nitrogens with zero attached hydrogens (tertiary/aromatic N) is 2. The zero-order chi connectivity index (χ0) is 18.2. The van der Waals surface area contributed by atoms with E-state index in [0.717, 1.165) is 6.07 Å². The van der Waals surface area contributed by atoms with Crippen molar-refractivity contribution >= 4 is 23.4 Å². The van der Waals surface area contributed by atoms with Gasteiger partial charge in [-0.05, 0) is 18.2 Å². The lowest BCUT2D eigenvalue weighted by atomic mass is 10.1. The van der Waals surface area contributed by atoms with Gasteiger partial charge in [-0.25, -0.2) is 9.37 Å². The fraction of sp³-hybridized carbons (Fsp3) is 0.267. The van der Waals surface area contributed by atoms with Gasteiger partial charge >= 0.3 is 6.18 Å². The molecule has 0 aliphatic carbocycles. The highest BCUT2D eigenvalue weighted by Crippen LogP contribution is 2.33. The molecule has 1 atom stereocenters. The molecular weight excluding hydrogens is 362 g/mol. The number of rotatable bonds is 2. The van der Waals surface area contributed by atoms with Crippen LogP contribution in [0.3, 0.4) is 0 Å². The molecule has 0 saturated carbocycles. The van der Waals surface area contributed by atoms with Gasteiger partial charge in [0, 0.05) is 30.2 Å². The Bertz CT molecular complexity index is 882. The predicted octanol–water partition coefficient (Wildman–Crippen LogP) is 2.76. The molecule has 2 aromatic rings. The van der Waals surface area contributed by atoms with E-state index in [0.29, 0.717) is 23.0 Å².